The van der Waals surface area contributed by atoms with Crippen molar-refractivity contribution < 1.29 is 9.50 Å². The van der Waals surface area contributed by atoms with Gasteiger partial charge in [0.2, 0.25) is 5.95 Å². The number of aryl methyl sites for hydroxylation is 2. The number of nitrogen functional groups attached to an aromatic ring is 1. The highest BCUT2D eigenvalue weighted by Gasteiger charge is 2.17. The zero-order chi connectivity index (χ0) is 17.3. The van der Waals surface area contributed by atoms with Crippen molar-refractivity contribution in [3.63, 3.8) is 0 Å². The molecule has 7 heteroatoms. The maximum atomic E-state index is 13.9. The summed E-state index contributed by atoms with van der Waals surface area (Å²) in [5.41, 5.74) is 8.58. The molecular formula is C17H18FN5O. The fourth-order valence-corrected chi connectivity index (χ4v) is 2.71. The maximum Gasteiger partial charge on any atom is 0.227 e. The minimum absolute atomic E-state index is 0.194. The monoisotopic (exact) mass is 327 g/mol. The number of aromatic nitrogens is 3. The second-order valence-corrected chi connectivity index (χ2v) is 5.61. The van der Waals surface area contributed by atoms with E-state index >= 15 is 0 Å². The van der Waals surface area contributed by atoms with Gasteiger partial charge in [-0.25, -0.2) is 9.37 Å². The molecule has 0 aliphatic carbocycles. The molecule has 0 fully saturated rings. The number of rotatable bonds is 4. The maximum absolute atomic E-state index is 13.9. The molecule has 0 aliphatic rings. The first kappa shape index (κ1) is 16.1. The summed E-state index contributed by atoms with van der Waals surface area (Å²) in [7, 11) is 0. The van der Waals surface area contributed by atoms with Crippen LogP contribution in [0.1, 0.15) is 22.9 Å². The van der Waals surface area contributed by atoms with Crippen LogP contribution in [0.25, 0.3) is 11.0 Å². The third kappa shape index (κ3) is 2.98. The van der Waals surface area contributed by atoms with Crippen LogP contribution >= 0.6 is 0 Å². The number of fused-ring (bicyclic) bond motifs is 1. The molecule has 1 unspecified atom stereocenters. The molecule has 0 spiro atoms. The van der Waals surface area contributed by atoms with Gasteiger partial charge in [-0.05, 0) is 31.5 Å². The van der Waals surface area contributed by atoms with E-state index in [4.69, 9.17) is 5.73 Å². The lowest BCUT2D eigenvalue weighted by Crippen LogP contribution is -2.18. The predicted molar refractivity (Wildman–Crippen MR) is 91.1 cm³/mol. The van der Waals surface area contributed by atoms with Crippen LogP contribution in [0, 0.1) is 19.7 Å². The van der Waals surface area contributed by atoms with Gasteiger partial charge in [-0.15, -0.1) is 0 Å². The summed E-state index contributed by atoms with van der Waals surface area (Å²) in [5.74, 6) is 0.0696. The number of hydrogen-bond acceptors (Lipinski definition) is 6. The van der Waals surface area contributed by atoms with E-state index in [-0.39, 0.29) is 18.4 Å². The van der Waals surface area contributed by atoms with Gasteiger partial charge in [0.15, 0.2) is 5.65 Å². The molecule has 0 bridgehead atoms. The predicted octanol–water partition coefficient (Wildman–Crippen LogP) is 2.51. The summed E-state index contributed by atoms with van der Waals surface area (Å²) in [4.78, 5) is 12.9. The van der Waals surface area contributed by atoms with Crippen molar-refractivity contribution >= 4 is 22.8 Å². The number of nitrogens with one attached hydrogen (secondary N) is 1. The van der Waals surface area contributed by atoms with Gasteiger partial charge in [-0.2, -0.15) is 9.97 Å². The average Bonchev–Trinajstić information content (AvgIpc) is 2.52. The Hall–Kier alpha value is -2.80. The number of nitrogens with zero attached hydrogens (tertiary/aromatic N) is 3. The summed E-state index contributed by atoms with van der Waals surface area (Å²) < 4.78 is 13.9. The molecule has 1 atom stereocenters. The molecule has 0 saturated heterocycles. The third-order valence-electron chi connectivity index (χ3n) is 3.79. The van der Waals surface area contributed by atoms with Crippen molar-refractivity contribution in [1.29, 1.82) is 0 Å². The van der Waals surface area contributed by atoms with Crippen molar-refractivity contribution in [2.75, 3.05) is 17.7 Å². The smallest absolute Gasteiger partial charge is 0.227 e. The Kier molecular flexibility index (Phi) is 4.26. The zero-order valence-corrected chi connectivity index (χ0v) is 13.4. The van der Waals surface area contributed by atoms with Crippen molar-refractivity contribution in [1.82, 2.24) is 15.0 Å². The van der Waals surface area contributed by atoms with E-state index < -0.39 is 11.9 Å². The fraction of sp³-hybridized carbons (Fsp3) is 0.235. The Morgan fingerprint density at radius 3 is 2.67 bits per heavy atom. The highest BCUT2D eigenvalue weighted by Crippen LogP contribution is 2.25. The van der Waals surface area contributed by atoms with Gasteiger partial charge in [-0.1, -0.05) is 18.2 Å². The molecule has 6 nitrogen and oxygen atoms in total. The van der Waals surface area contributed by atoms with Crippen molar-refractivity contribution in [3.8, 4) is 0 Å². The minimum atomic E-state index is -0.686. The van der Waals surface area contributed by atoms with Crippen LogP contribution < -0.4 is 11.1 Å². The SMILES string of the molecule is Cc1cc(C)c2c(N)nc(NC(CO)c3ccccc3F)nc2n1. The lowest BCUT2D eigenvalue weighted by atomic mass is 10.1. The van der Waals surface area contributed by atoms with Crippen molar-refractivity contribution in [3.05, 3.63) is 53.0 Å². The largest absolute Gasteiger partial charge is 0.394 e. The lowest BCUT2D eigenvalue weighted by Gasteiger charge is -2.18. The second-order valence-electron chi connectivity index (χ2n) is 5.61. The lowest BCUT2D eigenvalue weighted by molar-refractivity contribution is 0.273. The quantitative estimate of drug-likeness (QED) is 0.681. The Bertz CT molecular complexity index is 900. The molecule has 4 N–H and O–H groups in total. The molecule has 3 rings (SSSR count). The Balaban J connectivity index is 2.02. The molecule has 2 heterocycles. The van der Waals surface area contributed by atoms with E-state index in [9.17, 15) is 9.50 Å². The first-order valence-electron chi connectivity index (χ1n) is 7.53. The highest BCUT2D eigenvalue weighted by molar-refractivity contribution is 5.89. The molecule has 3 aromatic rings. The second kappa shape index (κ2) is 6.37. The average molecular weight is 327 g/mol. The van der Waals surface area contributed by atoms with E-state index in [2.05, 4.69) is 20.3 Å². The van der Waals surface area contributed by atoms with Crippen molar-refractivity contribution in [2.45, 2.75) is 19.9 Å². The van der Waals surface area contributed by atoms with Gasteiger partial charge >= 0.3 is 0 Å². The molecule has 0 radical (unpaired) electrons. The van der Waals surface area contributed by atoms with Gasteiger partial charge < -0.3 is 16.2 Å². The third-order valence-corrected chi connectivity index (χ3v) is 3.79. The normalized spacial score (nSPS) is 12.3. The van der Waals surface area contributed by atoms with Crippen LogP contribution in [0.15, 0.2) is 30.3 Å². The summed E-state index contributed by atoms with van der Waals surface area (Å²) in [6, 6.07) is 7.45. The van der Waals surface area contributed by atoms with Crippen LogP contribution in [0.4, 0.5) is 16.2 Å². The minimum Gasteiger partial charge on any atom is -0.394 e. The number of benzene rings is 1. The number of pyridine rings is 1. The molecule has 0 amide bonds. The van der Waals surface area contributed by atoms with Crippen molar-refractivity contribution in [2.24, 2.45) is 0 Å². The number of aliphatic hydroxyl groups is 1. The molecule has 2 aromatic heterocycles. The number of hydrogen-bond donors (Lipinski definition) is 3. The Morgan fingerprint density at radius 1 is 1.21 bits per heavy atom. The molecule has 0 aliphatic heterocycles. The van der Waals surface area contributed by atoms with E-state index in [1.165, 1.54) is 6.07 Å². The van der Waals surface area contributed by atoms with Gasteiger partial charge in [0.05, 0.1) is 18.0 Å². The van der Waals surface area contributed by atoms with Gasteiger partial charge in [0.1, 0.15) is 11.6 Å². The van der Waals surface area contributed by atoms with E-state index in [0.29, 0.717) is 16.6 Å². The molecular weight excluding hydrogens is 309 g/mol. The topological polar surface area (TPSA) is 97.0 Å². The van der Waals surface area contributed by atoms with Crippen LogP contribution in [0.2, 0.25) is 0 Å². The number of halogens is 1. The van der Waals surface area contributed by atoms with Gasteiger partial charge in [-0.3, -0.25) is 0 Å². The Morgan fingerprint density at radius 2 is 1.96 bits per heavy atom. The standard InChI is InChI=1S/C17H18FN5O/c1-9-7-10(2)20-16-14(9)15(19)22-17(23-16)21-13(8-24)11-5-3-4-6-12(11)18/h3-7,13,24H,8H2,1-2H3,(H3,19,20,21,22,23). The fourth-order valence-electron chi connectivity index (χ4n) is 2.71. The first-order valence-corrected chi connectivity index (χ1v) is 7.53. The molecule has 0 saturated carbocycles. The van der Waals surface area contributed by atoms with Crippen LogP contribution in [0.5, 0.6) is 0 Å². The van der Waals surface area contributed by atoms with E-state index in [0.717, 1.165) is 11.3 Å². The number of anilines is 2. The van der Waals surface area contributed by atoms with E-state index in [1.54, 1.807) is 18.2 Å². The molecule has 124 valence electrons. The summed E-state index contributed by atoms with van der Waals surface area (Å²) >= 11 is 0. The molecule has 1 aromatic carbocycles. The number of nitrogens with two attached hydrogens (primary N) is 1. The summed E-state index contributed by atoms with van der Waals surface area (Å²) in [6.07, 6.45) is 0. The number of aliphatic hydroxyl groups excluding tert-OH is 1. The van der Waals surface area contributed by atoms with Crippen LogP contribution in [0.3, 0.4) is 0 Å². The molecule has 24 heavy (non-hydrogen) atoms. The summed E-state index contributed by atoms with van der Waals surface area (Å²) in [6.45, 7) is 3.47. The Labute approximate surface area is 138 Å². The van der Waals surface area contributed by atoms with Crippen LogP contribution in [-0.2, 0) is 0 Å². The van der Waals surface area contributed by atoms with E-state index in [1.807, 2.05) is 19.9 Å². The first-order chi connectivity index (χ1) is 11.5. The van der Waals surface area contributed by atoms with Gasteiger partial charge in [0.25, 0.3) is 0 Å². The highest BCUT2D eigenvalue weighted by atomic mass is 19.1. The van der Waals surface area contributed by atoms with Crippen LogP contribution in [-0.4, -0.2) is 26.7 Å². The zero-order valence-electron chi connectivity index (χ0n) is 13.4. The summed E-state index contributed by atoms with van der Waals surface area (Å²) in [5, 5.41) is 13.2. The van der Waals surface area contributed by atoms with Gasteiger partial charge in [0, 0.05) is 11.3 Å².